The molecule has 13 heavy (non-hydrogen) atoms. The van der Waals surface area contributed by atoms with Gasteiger partial charge in [0.2, 0.25) is 0 Å². The average molecular weight is 196 g/mol. The summed E-state index contributed by atoms with van der Waals surface area (Å²) >= 11 is 1.85. The molecule has 0 aromatic carbocycles. The number of hydrogen-bond donors (Lipinski definition) is 0. The van der Waals surface area contributed by atoms with E-state index in [-0.39, 0.29) is 5.41 Å². The Morgan fingerprint density at radius 1 is 1.31 bits per heavy atom. The summed E-state index contributed by atoms with van der Waals surface area (Å²) < 4.78 is 0. The number of allylic oxidation sites excluding steroid dienone is 1. The van der Waals surface area contributed by atoms with Gasteiger partial charge < -0.3 is 0 Å². The van der Waals surface area contributed by atoms with Crippen LogP contribution in [0.15, 0.2) is 11.5 Å². The summed E-state index contributed by atoms with van der Waals surface area (Å²) in [6, 6.07) is 0. The maximum atomic E-state index is 3.16. The fourth-order valence-corrected chi connectivity index (χ4v) is 1.39. The van der Waals surface area contributed by atoms with Crippen molar-refractivity contribution < 1.29 is 0 Å². The first-order valence-corrected chi connectivity index (χ1v) is 5.90. The molecular formula is C12H20S. The Morgan fingerprint density at radius 2 is 2.00 bits per heavy atom. The molecule has 0 radical (unpaired) electrons. The topological polar surface area (TPSA) is 0 Å². The Hall–Kier alpha value is -0.350. The van der Waals surface area contributed by atoms with Crippen molar-refractivity contribution in [3.63, 3.8) is 0 Å². The predicted octanol–water partition coefficient (Wildman–Crippen LogP) is 4.08. The van der Waals surface area contributed by atoms with Gasteiger partial charge in [-0.05, 0) is 44.4 Å². The molecule has 0 rings (SSSR count). The molecule has 0 N–H and O–H groups in total. The maximum Gasteiger partial charge on any atom is 0.0233 e. The second-order valence-electron chi connectivity index (χ2n) is 4.05. The summed E-state index contributed by atoms with van der Waals surface area (Å²) in [4.78, 5) is 0. The Labute approximate surface area is 87.2 Å². The van der Waals surface area contributed by atoms with Crippen LogP contribution >= 0.6 is 11.8 Å². The fraction of sp³-hybridized carbons (Fsp3) is 0.667. The number of thioether (sulfide) groups is 1. The second-order valence-corrected chi connectivity index (χ2v) is 5.06. The van der Waals surface area contributed by atoms with Crippen molar-refractivity contribution >= 4 is 11.8 Å². The van der Waals surface area contributed by atoms with Crippen LogP contribution in [0.3, 0.4) is 0 Å². The molecule has 0 heterocycles. The lowest BCUT2D eigenvalue weighted by Gasteiger charge is -2.05. The molecule has 0 fully saturated rings. The summed E-state index contributed by atoms with van der Waals surface area (Å²) in [6.45, 7) is 8.58. The van der Waals surface area contributed by atoms with Gasteiger partial charge in [-0.15, -0.1) is 11.8 Å². The lowest BCUT2D eigenvalue weighted by molar-refractivity contribution is 0.571. The van der Waals surface area contributed by atoms with Gasteiger partial charge in [0.05, 0.1) is 0 Å². The van der Waals surface area contributed by atoms with Crippen molar-refractivity contribution in [2.24, 2.45) is 5.41 Å². The van der Waals surface area contributed by atoms with Crippen LogP contribution in [0, 0.1) is 17.3 Å². The molecule has 0 spiro atoms. The Balaban J connectivity index is 3.55. The molecule has 1 heteroatoms. The smallest absolute Gasteiger partial charge is 0.0233 e. The first-order valence-electron chi connectivity index (χ1n) is 4.85. The van der Waals surface area contributed by atoms with Gasteiger partial charge in [-0.1, -0.05) is 25.2 Å². The third-order valence-electron chi connectivity index (χ3n) is 1.31. The van der Waals surface area contributed by atoms with Crippen LogP contribution < -0.4 is 0 Å². The van der Waals surface area contributed by atoms with Crippen LogP contribution in [0.2, 0.25) is 0 Å². The van der Waals surface area contributed by atoms with Crippen molar-refractivity contribution in [2.45, 2.75) is 40.5 Å². The zero-order valence-corrected chi connectivity index (χ0v) is 10.0. The highest BCUT2D eigenvalue weighted by molar-refractivity contribution is 8.02. The van der Waals surface area contributed by atoms with Gasteiger partial charge in [-0.3, -0.25) is 0 Å². The molecular weight excluding hydrogens is 176 g/mol. The zero-order valence-electron chi connectivity index (χ0n) is 9.18. The molecule has 0 saturated carbocycles. The van der Waals surface area contributed by atoms with E-state index in [1.54, 1.807) is 0 Å². The van der Waals surface area contributed by atoms with Crippen LogP contribution in [0.1, 0.15) is 40.5 Å². The third-order valence-corrected chi connectivity index (χ3v) is 2.16. The largest absolute Gasteiger partial charge is 0.133 e. The Morgan fingerprint density at radius 3 is 2.54 bits per heavy atom. The van der Waals surface area contributed by atoms with E-state index < -0.39 is 0 Å². The molecule has 0 atom stereocenters. The normalized spacial score (nSPS) is 11.4. The molecule has 0 nitrogen and oxygen atoms in total. The van der Waals surface area contributed by atoms with E-state index >= 15 is 0 Å². The predicted molar refractivity (Wildman–Crippen MR) is 63.7 cm³/mol. The quantitative estimate of drug-likeness (QED) is 0.482. The van der Waals surface area contributed by atoms with Crippen molar-refractivity contribution in [3.05, 3.63) is 11.5 Å². The molecule has 0 aromatic rings. The van der Waals surface area contributed by atoms with E-state index in [1.165, 1.54) is 18.6 Å². The molecule has 0 unspecified atom stereocenters. The molecule has 0 bridgehead atoms. The Bertz CT molecular complexity index is 197. The lowest BCUT2D eigenvalue weighted by atomic mass is 9.98. The van der Waals surface area contributed by atoms with Gasteiger partial charge in [0.15, 0.2) is 0 Å². The SMILES string of the molecule is CCCCS/C=C/C#CC(C)(C)C. The maximum absolute atomic E-state index is 3.16. The van der Waals surface area contributed by atoms with E-state index in [4.69, 9.17) is 0 Å². The fourth-order valence-electron chi connectivity index (χ4n) is 0.636. The number of rotatable bonds is 4. The highest BCUT2D eigenvalue weighted by Gasteiger charge is 2.01. The minimum Gasteiger partial charge on any atom is -0.133 e. The average Bonchev–Trinajstić information content (AvgIpc) is 2.01. The summed E-state index contributed by atoms with van der Waals surface area (Å²) in [6.07, 6.45) is 4.52. The van der Waals surface area contributed by atoms with Crippen molar-refractivity contribution in [1.29, 1.82) is 0 Å². The monoisotopic (exact) mass is 196 g/mol. The lowest BCUT2D eigenvalue weighted by Crippen LogP contribution is -1.98. The van der Waals surface area contributed by atoms with Gasteiger partial charge in [-0.2, -0.15) is 0 Å². The highest BCUT2D eigenvalue weighted by atomic mass is 32.2. The molecule has 0 aliphatic rings. The molecule has 0 aliphatic heterocycles. The first kappa shape index (κ1) is 12.7. The number of unbranched alkanes of at least 4 members (excludes halogenated alkanes) is 1. The van der Waals surface area contributed by atoms with Crippen molar-refractivity contribution in [1.82, 2.24) is 0 Å². The molecule has 0 aromatic heterocycles. The Kier molecular flexibility index (Phi) is 6.90. The van der Waals surface area contributed by atoms with Gasteiger partial charge in [0, 0.05) is 5.41 Å². The van der Waals surface area contributed by atoms with Crippen molar-refractivity contribution in [3.8, 4) is 11.8 Å². The third kappa shape index (κ3) is 11.7. The van der Waals surface area contributed by atoms with Crippen LogP contribution in [-0.4, -0.2) is 5.75 Å². The summed E-state index contributed by atoms with van der Waals surface area (Å²) in [5.41, 5.74) is 0.123. The molecule has 0 amide bonds. The highest BCUT2D eigenvalue weighted by Crippen LogP contribution is 2.10. The van der Waals surface area contributed by atoms with Crippen LogP contribution in [0.4, 0.5) is 0 Å². The summed E-state index contributed by atoms with van der Waals surface area (Å²) in [5.74, 6) is 7.43. The van der Waals surface area contributed by atoms with Crippen LogP contribution in [-0.2, 0) is 0 Å². The van der Waals surface area contributed by atoms with Crippen molar-refractivity contribution in [2.75, 3.05) is 5.75 Å². The van der Waals surface area contributed by atoms with Crippen LogP contribution in [0.25, 0.3) is 0 Å². The van der Waals surface area contributed by atoms with Gasteiger partial charge >= 0.3 is 0 Å². The minimum atomic E-state index is 0.123. The standard InChI is InChI=1S/C12H20S/c1-5-6-10-13-11-8-7-9-12(2,3)4/h8,11H,5-6,10H2,1-4H3/b11-8+. The second kappa shape index (κ2) is 7.09. The van der Waals surface area contributed by atoms with Crippen LogP contribution in [0.5, 0.6) is 0 Å². The van der Waals surface area contributed by atoms with E-state index in [0.29, 0.717) is 0 Å². The summed E-state index contributed by atoms with van der Waals surface area (Å²) in [7, 11) is 0. The summed E-state index contributed by atoms with van der Waals surface area (Å²) in [5, 5.41) is 2.09. The van der Waals surface area contributed by atoms with Gasteiger partial charge in [0.1, 0.15) is 0 Å². The molecule has 0 aliphatic carbocycles. The van der Waals surface area contributed by atoms with Gasteiger partial charge in [-0.25, -0.2) is 0 Å². The first-order chi connectivity index (χ1) is 6.06. The zero-order chi connectivity index (χ0) is 10.2. The van der Waals surface area contributed by atoms with E-state index in [9.17, 15) is 0 Å². The van der Waals surface area contributed by atoms with Gasteiger partial charge in [0.25, 0.3) is 0 Å². The van der Waals surface area contributed by atoms with E-state index in [1.807, 2.05) is 17.8 Å². The van der Waals surface area contributed by atoms with E-state index in [2.05, 4.69) is 44.9 Å². The molecule has 74 valence electrons. The molecule has 0 saturated heterocycles. The minimum absolute atomic E-state index is 0.123. The van der Waals surface area contributed by atoms with E-state index in [0.717, 1.165) is 0 Å². The number of hydrogen-bond acceptors (Lipinski definition) is 1.